The van der Waals surface area contributed by atoms with Crippen molar-refractivity contribution >= 4 is 8.32 Å². The van der Waals surface area contributed by atoms with Crippen molar-refractivity contribution in [2.75, 3.05) is 6.61 Å². The van der Waals surface area contributed by atoms with E-state index in [1.807, 2.05) is 18.3 Å². The second-order valence-corrected chi connectivity index (χ2v) is 13.3. The van der Waals surface area contributed by atoms with Gasteiger partial charge in [0, 0.05) is 13.0 Å². The first-order valence-corrected chi connectivity index (χ1v) is 12.5. The molecule has 0 atom stereocenters. The summed E-state index contributed by atoms with van der Waals surface area (Å²) < 4.78 is 13.2. The number of aryl methyl sites for hydroxylation is 2. The molecule has 1 aromatic carbocycles. The summed E-state index contributed by atoms with van der Waals surface area (Å²) in [7, 11) is -1.71. The SMILES string of the molecule is CCCc1ccc(-n2cc(CCCO[Si](C)(C)C(C)(C)C)oc2=O)cc1. The zero-order valence-corrected chi connectivity index (χ0v) is 18.1. The van der Waals surface area contributed by atoms with Gasteiger partial charge in [-0.3, -0.25) is 0 Å². The zero-order valence-electron chi connectivity index (χ0n) is 17.1. The molecule has 0 aliphatic heterocycles. The van der Waals surface area contributed by atoms with E-state index < -0.39 is 8.32 Å². The molecule has 0 spiro atoms. The second kappa shape index (κ2) is 8.40. The molecule has 5 heteroatoms. The van der Waals surface area contributed by atoms with Crippen molar-refractivity contribution in [1.29, 1.82) is 0 Å². The lowest BCUT2D eigenvalue weighted by molar-refractivity contribution is 0.278. The van der Waals surface area contributed by atoms with Crippen molar-refractivity contribution in [1.82, 2.24) is 4.57 Å². The lowest BCUT2D eigenvalue weighted by Crippen LogP contribution is -2.41. The largest absolute Gasteiger partial charge is 0.423 e. The van der Waals surface area contributed by atoms with Crippen LogP contribution in [0.25, 0.3) is 5.69 Å². The molecule has 2 aromatic rings. The summed E-state index contributed by atoms with van der Waals surface area (Å²) in [6.45, 7) is 14.1. The predicted molar refractivity (Wildman–Crippen MR) is 110 cm³/mol. The fraction of sp³-hybridized carbons (Fsp3) is 0.571. The highest BCUT2D eigenvalue weighted by Crippen LogP contribution is 2.36. The highest BCUT2D eigenvalue weighted by atomic mass is 28.4. The Morgan fingerprint density at radius 2 is 1.77 bits per heavy atom. The monoisotopic (exact) mass is 375 g/mol. The molecule has 0 amide bonds. The standard InChI is InChI=1S/C21H33NO3Si/c1-7-9-17-11-13-18(14-12-17)22-16-19(25-20(22)23)10-8-15-24-26(5,6)21(2,3)4/h11-14,16H,7-10,15H2,1-6H3. The van der Waals surface area contributed by atoms with E-state index in [9.17, 15) is 4.79 Å². The molecular formula is C21H33NO3Si. The van der Waals surface area contributed by atoms with Crippen LogP contribution in [0.1, 0.15) is 51.9 Å². The highest BCUT2D eigenvalue weighted by Gasteiger charge is 2.36. The van der Waals surface area contributed by atoms with Crippen LogP contribution in [0.3, 0.4) is 0 Å². The Labute approximate surface area is 158 Å². The van der Waals surface area contributed by atoms with Crippen LogP contribution in [0.15, 0.2) is 39.7 Å². The number of rotatable bonds is 8. The molecule has 0 unspecified atom stereocenters. The lowest BCUT2D eigenvalue weighted by Gasteiger charge is -2.36. The Hall–Kier alpha value is -1.59. The molecule has 0 saturated heterocycles. The number of benzene rings is 1. The minimum absolute atomic E-state index is 0.215. The Balaban J connectivity index is 1.95. The zero-order chi connectivity index (χ0) is 19.4. The number of nitrogens with zero attached hydrogens (tertiary/aromatic N) is 1. The van der Waals surface area contributed by atoms with Gasteiger partial charge in [0.2, 0.25) is 0 Å². The molecule has 0 N–H and O–H groups in total. The van der Waals surface area contributed by atoms with Gasteiger partial charge in [-0.1, -0.05) is 46.2 Å². The molecule has 1 aromatic heterocycles. The molecule has 4 nitrogen and oxygen atoms in total. The summed E-state index contributed by atoms with van der Waals surface area (Å²) >= 11 is 0. The van der Waals surface area contributed by atoms with E-state index in [1.165, 1.54) is 5.56 Å². The fourth-order valence-electron chi connectivity index (χ4n) is 2.58. The van der Waals surface area contributed by atoms with Crippen LogP contribution in [0.4, 0.5) is 0 Å². The van der Waals surface area contributed by atoms with Crippen molar-refractivity contribution in [3.05, 3.63) is 52.3 Å². The molecule has 0 fully saturated rings. The summed E-state index contributed by atoms with van der Waals surface area (Å²) in [5, 5.41) is 0.215. The van der Waals surface area contributed by atoms with Crippen LogP contribution in [-0.4, -0.2) is 19.5 Å². The first-order chi connectivity index (χ1) is 12.1. The normalized spacial score (nSPS) is 12.5. The van der Waals surface area contributed by atoms with Crippen molar-refractivity contribution in [3.8, 4) is 5.69 Å². The summed E-state index contributed by atoms with van der Waals surface area (Å²) in [5.74, 6) is 0.389. The maximum absolute atomic E-state index is 12.1. The molecular weight excluding hydrogens is 342 g/mol. The van der Waals surface area contributed by atoms with E-state index in [1.54, 1.807) is 4.57 Å². The van der Waals surface area contributed by atoms with Gasteiger partial charge in [-0.2, -0.15) is 0 Å². The van der Waals surface area contributed by atoms with Gasteiger partial charge in [-0.05, 0) is 48.7 Å². The van der Waals surface area contributed by atoms with Crippen LogP contribution in [0.5, 0.6) is 0 Å². The molecule has 0 aliphatic carbocycles. The van der Waals surface area contributed by atoms with Crippen molar-refractivity contribution in [2.45, 2.75) is 71.5 Å². The van der Waals surface area contributed by atoms with Crippen LogP contribution in [-0.2, 0) is 17.3 Å². The molecule has 1 heterocycles. The lowest BCUT2D eigenvalue weighted by atomic mass is 10.1. The number of oxazole rings is 1. The van der Waals surface area contributed by atoms with Gasteiger partial charge in [0.25, 0.3) is 0 Å². The Morgan fingerprint density at radius 1 is 1.12 bits per heavy atom. The minimum Gasteiger partial charge on any atom is -0.417 e. The van der Waals surface area contributed by atoms with Crippen LogP contribution in [0.2, 0.25) is 18.1 Å². The van der Waals surface area contributed by atoms with Gasteiger partial charge in [-0.25, -0.2) is 9.36 Å². The van der Waals surface area contributed by atoms with Crippen molar-refractivity contribution in [3.63, 3.8) is 0 Å². The Kier molecular flexibility index (Phi) is 6.69. The first kappa shape index (κ1) is 20.7. The topological polar surface area (TPSA) is 44.4 Å². The van der Waals surface area contributed by atoms with Gasteiger partial charge in [-0.15, -0.1) is 0 Å². The van der Waals surface area contributed by atoms with Gasteiger partial charge in [0.05, 0.1) is 11.9 Å². The average Bonchev–Trinajstić information content (AvgIpc) is 2.92. The third kappa shape index (κ3) is 5.21. The van der Waals surface area contributed by atoms with Gasteiger partial charge in [0.15, 0.2) is 8.32 Å². The van der Waals surface area contributed by atoms with E-state index >= 15 is 0 Å². The molecule has 0 saturated carbocycles. The maximum atomic E-state index is 12.1. The predicted octanol–water partition coefficient (Wildman–Crippen LogP) is 5.34. The van der Waals surface area contributed by atoms with Crippen LogP contribution < -0.4 is 5.76 Å². The molecule has 144 valence electrons. The third-order valence-corrected chi connectivity index (χ3v) is 9.82. The van der Waals surface area contributed by atoms with E-state index in [0.717, 1.165) is 24.9 Å². The molecule has 2 rings (SSSR count). The average molecular weight is 376 g/mol. The van der Waals surface area contributed by atoms with Crippen LogP contribution >= 0.6 is 0 Å². The quantitative estimate of drug-likeness (QED) is 0.462. The van der Waals surface area contributed by atoms with E-state index in [2.05, 4.69) is 52.9 Å². The maximum Gasteiger partial charge on any atom is 0.423 e. The third-order valence-electron chi connectivity index (χ3n) is 5.28. The van der Waals surface area contributed by atoms with Gasteiger partial charge in [0.1, 0.15) is 5.76 Å². The smallest absolute Gasteiger partial charge is 0.417 e. The summed E-state index contributed by atoms with van der Waals surface area (Å²) in [5.41, 5.74) is 2.14. The molecule has 0 radical (unpaired) electrons. The van der Waals surface area contributed by atoms with Gasteiger partial charge < -0.3 is 8.84 Å². The number of hydrogen-bond acceptors (Lipinski definition) is 3. The summed E-state index contributed by atoms with van der Waals surface area (Å²) in [6.07, 6.45) is 5.55. The van der Waals surface area contributed by atoms with Gasteiger partial charge >= 0.3 is 5.76 Å². The summed E-state index contributed by atoms with van der Waals surface area (Å²) in [4.78, 5) is 12.1. The molecule has 0 aliphatic rings. The Morgan fingerprint density at radius 3 is 2.35 bits per heavy atom. The molecule has 0 bridgehead atoms. The fourth-order valence-corrected chi connectivity index (χ4v) is 3.67. The summed E-state index contributed by atoms with van der Waals surface area (Å²) in [6, 6.07) is 8.11. The Bertz CT molecular complexity index is 751. The second-order valence-electron chi connectivity index (χ2n) is 8.46. The molecule has 26 heavy (non-hydrogen) atoms. The van der Waals surface area contributed by atoms with E-state index in [4.69, 9.17) is 8.84 Å². The minimum atomic E-state index is -1.71. The van der Waals surface area contributed by atoms with Crippen molar-refractivity contribution in [2.24, 2.45) is 0 Å². The van der Waals surface area contributed by atoms with Crippen molar-refractivity contribution < 1.29 is 8.84 Å². The number of hydrogen-bond donors (Lipinski definition) is 0. The highest BCUT2D eigenvalue weighted by molar-refractivity contribution is 6.74. The number of aromatic nitrogens is 1. The van der Waals surface area contributed by atoms with E-state index in [0.29, 0.717) is 18.8 Å². The van der Waals surface area contributed by atoms with Crippen LogP contribution in [0, 0.1) is 0 Å². The first-order valence-electron chi connectivity index (χ1n) is 9.58. The van der Waals surface area contributed by atoms with E-state index in [-0.39, 0.29) is 10.8 Å².